The molecule has 1 amide bonds. The summed E-state index contributed by atoms with van der Waals surface area (Å²) >= 11 is 1.18. The molecule has 0 radical (unpaired) electrons. The standard InChI is InChI=1S/C18H21FN2O4S2/c19-15-5-7-16(8-6-15)25-11-9-20-18(22)14-3-1-10-21(13-14)27(23,24)17-4-2-12-26-17/h2,4-8,12,14H,1,3,9-11,13H2,(H,20,22)/t14-/m1/s1. The summed E-state index contributed by atoms with van der Waals surface area (Å²) in [4.78, 5) is 12.4. The van der Waals surface area contributed by atoms with E-state index in [1.165, 1.54) is 39.9 Å². The summed E-state index contributed by atoms with van der Waals surface area (Å²) in [6, 6.07) is 8.93. The lowest BCUT2D eigenvalue weighted by atomic mass is 9.99. The molecule has 2 heterocycles. The smallest absolute Gasteiger partial charge is 0.252 e. The van der Waals surface area contributed by atoms with Crippen LogP contribution in [0, 0.1) is 11.7 Å². The fraction of sp³-hybridized carbons (Fsp3) is 0.389. The monoisotopic (exact) mass is 412 g/mol. The first-order valence-electron chi connectivity index (χ1n) is 8.66. The van der Waals surface area contributed by atoms with E-state index in [-0.39, 0.29) is 30.8 Å². The van der Waals surface area contributed by atoms with Crippen molar-refractivity contribution in [2.75, 3.05) is 26.2 Å². The second-order valence-electron chi connectivity index (χ2n) is 6.23. The molecule has 1 atom stereocenters. The molecule has 9 heteroatoms. The maximum Gasteiger partial charge on any atom is 0.252 e. The van der Waals surface area contributed by atoms with Crippen molar-refractivity contribution in [3.05, 3.63) is 47.6 Å². The number of hydrogen-bond donors (Lipinski definition) is 1. The minimum atomic E-state index is -3.53. The van der Waals surface area contributed by atoms with Gasteiger partial charge in [-0.3, -0.25) is 4.79 Å². The molecule has 0 aliphatic carbocycles. The highest BCUT2D eigenvalue weighted by molar-refractivity contribution is 7.91. The molecular weight excluding hydrogens is 391 g/mol. The third kappa shape index (κ3) is 5.06. The first-order valence-corrected chi connectivity index (χ1v) is 11.0. The maximum absolute atomic E-state index is 12.8. The molecule has 3 rings (SSSR count). The van der Waals surface area contributed by atoms with Crippen LogP contribution in [0.25, 0.3) is 0 Å². The van der Waals surface area contributed by atoms with Gasteiger partial charge in [0.05, 0.1) is 12.5 Å². The summed E-state index contributed by atoms with van der Waals surface area (Å²) in [6.07, 6.45) is 1.30. The van der Waals surface area contributed by atoms with Crippen LogP contribution in [0.15, 0.2) is 46.0 Å². The molecular formula is C18H21FN2O4S2. The van der Waals surface area contributed by atoms with E-state index in [1.807, 2.05) is 0 Å². The van der Waals surface area contributed by atoms with Gasteiger partial charge in [-0.2, -0.15) is 4.31 Å². The molecule has 0 bridgehead atoms. The van der Waals surface area contributed by atoms with Gasteiger partial charge in [0.2, 0.25) is 5.91 Å². The van der Waals surface area contributed by atoms with Crippen LogP contribution in [0.1, 0.15) is 12.8 Å². The molecule has 0 unspecified atom stereocenters. The molecule has 1 N–H and O–H groups in total. The van der Waals surface area contributed by atoms with E-state index in [1.54, 1.807) is 17.5 Å². The number of carbonyl (C=O) groups excluding carboxylic acids is 1. The number of halogens is 1. The molecule has 2 aromatic rings. The molecule has 1 aliphatic rings. The fourth-order valence-electron chi connectivity index (χ4n) is 2.93. The van der Waals surface area contributed by atoms with Crippen LogP contribution in [0.5, 0.6) is 5.75 Å². The lowest BCUT2D eigenvalue weighted by molar-refractivity contribution is -0.126. The molecule has 146 valence electrons. The highest BCUT2D eigenvalue weighted by atomic mass is 32.2. The van der Waals surface area contributed by atoms with Gasteiger partial charge in [0.1, 0.15) is 22.4 Å². The number of nitrogens with zero attached hydrogens (tertiary/aromatic N) is 1. The number of ether oxygens (including phenoxy) is 1. The minimum Gasteiger partial charge on any atom is -0.492 e. The summed E-state index contributed by atoms with van der Waals surface area (Å²) in [7, 11) is -3.53. The second-order valence-corrected chi connectivity index (χ2v) is 9.34. The van der Waals surface area contributed by atoms with E-state index in [0.717, 1.165) is 0 Å². The van der Waals surface area contributed by atoms with Crippen LogP contribution in [-0.4, -0.2) is 44.9 Å². The molecule has 1 aromatic heterocycles. The Labute approximate surface area is 162 Å². The van der Waals surface area contributed by atoms with Gasteiger partial charge in [-0.05, 0) is 48.6 Å². The summed E-state index contributed by atoms with van der Waals surface area (Å²) in [5.74, 6) is -0.366. The van der Waals surface area contributed by atoms with Crippen LogP contribution < -0.4 is 10.1 Å². The van der Waals surface area contributed by atoms with E-state index < -0.39 is 10.0 Å². The summed E-state index contributed by atoms with van der Waals surface area (Å²) < 4.78 is 45.2. The zero-order valence-corrected chi connectivity index (χ0v) is 16.3. The molecule has 0 saturated carbocycles. The fourth-order valence-corrected chi connectivity index (χ4v) is 5.60. The Morgan fingerprint density at radius 2 is 2.07 bits per heavy atom. The van der Waals surface area contributed by atoms with E-state index in [4.69, 9.17) is 4.74 Å². The maximum atomic E-state index is 12.8. The number of piperidine rings is 1. The van der Waals surface area contributed by atoms with Crippen molar-refractivity contribution in [2.45, 2.75) is 17.1 Å². The van der Waals surface area contributed by atoms with Crippen LogP contribution in [0.4, 0.5) is 4.39 Å². The number of amides is 1. The number of carbonyl (C=O) groups is 1. The van der Waals surface area contributed by atoms with Gasteiger partial charge in [-0.15, -0.1) is 11.3 Å². The van der Waals surface area contributed by atoms with E-state index in [2.05, 4.69) is 5.32 Å². The average Bonchev–Trinajstić information content (AvgIpc) is 3.22. The van der Waals surface area contributed by atoms with E-state index in [0.29, 0.717) is 35.9 Å². The Hall–Kier alpha value is -1.97. The number of rotatable bonds is 7. The van der Waals surface area contributed by atoms with E-state index in [9.17, 15) is 17.6 Å². The van der Waals surface area contributed by atoms with Crippen molar-refractivity contribution in [3.63, 3.8) is 0 Å². The van der Waals surface area contributed by atoms with E-state index >= 15 is 0 Å². The van der Waals surface area contributed by atoms with Crippen LogP contribution in [0.2, 0.25) is 0 Å². The third-order valence-electron chi connectivity index (χ3n) is 4.33. The zero-order valence-electron chi connectivity index (χ0n) is 14.6. The second kappa shape index (κ2) is 8.81. The predicted molar refractivity (Wildman–Crippen MR) is 101 cm³/mol. The van der Waals surface area contributed by atoms with Gasteiger partial charge in [0, 0.05) is 13.1 Å². The lowest BCUT2D eigenvalue weighted by Gasteiger charge is -2.30. The summed E-state index contributed by atoms with van der Waals surface area (Å²) in [5, 5.41) is 4.51. The Morgan fingerprint density at radius 1 is 1.30 bits per heavy atom. The first-order chi connectivity index (χ1) is 13.0. The Kier molecular flexibility index (Phi) is 6.46. The van der Waals surface area contributed by atoms with Crippen molar-refractivity contribution < 1.29 is 22.3 Å². The predicted octanol–water partition coefficient (Wildman–Crippen LogP) is 2.48. The number of sulfonamides is 1. The van der Waals surface area contributed by atoms with Crippen molar-refractivity contribution >= 4 is 27.3 Å². The highest BCUT2D eigenvalue weighted by Crippen LogP contribution is 2.26. The largest absolute Gasteiger partial charge is 0.492 e. The molecule has 1 aromatic carbocycles. The van der Waals surface area contributed by atoms with Gasteiger partial charge < -0.3 is 10.1 Å². The zero-order chi connectivity index (χ0) is 19.3. The quantitative estimate of drug-likeness (QED) is 0.709. The van der Waals surface area contributed by atoms with Crippen LogP contribution in [0.3, 0.4) is 0 Å². The van der Waals surface area contributed by atoms with Gasteiger partial charge >= 0.3 is 0 Å². The number of nitrogens with one attached hydrogen (secondary N) is 1. The topological polar surface area (TPSA) is 75.7 Å². The number of benzene rings is 1. The van der Waals surface area contributed by atoms with Crippen molar-refractivity contribution in [3.8, 4) is 5.75 Å². The van der Waals surface area contributed by atoms with Gasteiger partial charge in [0.15, 0.2) is 0 Å². The van der Waals surface area contributed by atoms with Gasteiger partial charge in [-0.25, -0.2) is 12.8 Å². The molecule has 6 nitrogen and oxygen atoms in total. The normalized spacial score (nSPS) is 18.2. The van der Waals surface area contributed by atoms with Crippen LogP contribution >= 0.6 is 11.3 Å². The van der Waals surface area contributed by atoms with Crippen LogP contribution in [-0.2, 0) is 14.8 Å². The molecule has 0 spiro atoms. The molecule has 27 heavy (non-hydrogen) atoms. The summed E-state index contributed by atoms with van der Waals surface area (Å²) in [6.45, 7) is 1.16. The molecule has 1 fully saturated rings. The SMILES string of the molecule is O=C(NCCOc1ccc(F)cc1)[C@@H]1CCCN(S(=O)(=O)c2cccs2)C1. The number of hydrogen-bond acceptors (Lipinski definition) is 5. The Balaban J connectivity index is 1.47. The van der Waals surface area contributed by atoms with Crippen molar-refractivity contribution in [2.24, 2.45) is 5.92 Å². The molecule has 1 aliphatic heterocycles. The lowest BCUT2D eigenvalue weighted by Crippen LogP contribution is -2.45. The molecule has 1 saturated heterocycles. The number of thiophene rings is 1. The van der Waals surface area contributed by atoms with Gasteiger partial charge in [0.25, 0.3) is 10.0 Å². The Morgan fingerprint density at radius 3 is 2.78 bits per heavy atom. The Bertz CT molecular complexity index is 854. The minimum absolute atomic E-state index is 0.177. The highest BCUT2D eigenvalue weighted by Gasteiger charge is 2.33. The third-order valence-corrected chi connectivity index (χ3v) is 7.57. The first kappa shape index (κ1) is 19.8. The summed E-state index contributed by atoms with van der Waals surface area (Å²) in [5.41, 5.74) is 0. The van der Waals surface area contributed by atoms with Gasteiger partial charge in [-0.1, -0.05) is 6.07 Å². The average molecular weight is 413 g/mol. The van der Waals surface area contributed by atoms with Crippen molar-refractivity contribution in [1.29, 1.82) is 0 Å². The van der Waals surface area contributed by atoms with Crippen molar-refractivity contribution in [1.82, 2.24) is 9.62 Å².